The van der Waals surface area contributed by atoms with Gasteiger partial charge in [-0.2, -0.15) is 5.26 Å². The Balaban J connectivity index is 1.67. The first-order chi connectivity index (χ1) is 13.6. The van der Waals surface area contributed by atoms with Gasteiger partial charge in [-0.25, -0.2) is 9.78 Å². The van der Waals surface area contributed by atoms with Gasteiger partial charge in [0.2, 0.25) is 0 Å². The third kappa shape index (κ3) is 3.15. The molecule has 3 saturated heterocycles. The molecule has 7 heteroatoms. The average molecular weight is 384 g/mol. The number of methoxy groups -OCH3 is 1. The Hall–Kier alpha value is -2.17. The summed E-state index contributed by atoms with van der Waals surface area (Å²) in [6.45, 7) is 4.69. The van der Waals surface area contributed by atoms with Gasteiger partial charge in [0, 0.05) is 25.2 Å². The zero-order chi connectivity index (χ0) is 19.8. The standard InChI is InChI=1S/C21H28N4O3/c1-13-17(21(27)28-2)8-14(9-22)20(23-13)24-10-15-7-16(11-24)19(12-26)25-6-4-3-5-18(15)25/h8,15-16,18-19,26H,3-7,10-12H2,1-2H3/t15-,16+,18+,19+/m1/s1. The summed E-state index contributed by atoms with van der Waals surface area (Å²) >= 11 is 0. The summed E-state index contributed by atoms with van der Waals surface area (Å²) in [6.07, 6.45) is 4.77. The van der Waals surface area contributed by atoms with Crippen LogP contribution in [0.25, 0.3) is 0 Å². The first kappa shape index (κ1) is 19.2. The van der Waals surface area contributed by atoms with Crippen LogP contribution in [0.4, 0.5) is 5.82 Å². The molecule has 0 spiro atoms. The van der Waals surface area contributed by atoms with Crippen LogP contribution in [0, 0.1) is 30.1 Å². The fourth-order valence-corrected chi connectivity index (χ4v) is 5.56. The number of carbonyl (C=O) groups is 1. The van der Waals surface area contributed by atoms with Crippen LogP contribution in [0.5, 0.6) is 0 Å². The highest BCUT2D eigenvalue weighted by Crippen LogP contribution is 2.42. The number of nitriles is 1. The molecule has 2 bridgehead atoms. The van der Waals surface area contributed by atoms with E-state index in [2.05, 4.69) is 20.9 Å². The van der Waals surface area contributed by atoms with Crippen molar-refractivity contribution >= 4 is 11.8 Å². The Bertz CT molecular complexity index is 792. The number of carbonyl (C=O) groups excluding carboxylic acids is 1. The van der Waals surface area contributed by atoms with Gasteiger partial charge < -0.3 is 14.7 Å². The smallest absolute Gasteiger partial charge is 0.339 e. The minimum Gasteiger partial charge on any atom is -0.465 e. The van der Waals surface area contributed by atoms with Gasteiger partial charge >= 0.3 is 5.97 Å². The minimum absolute atomic E-state index is 0.181. The fourth-order valence-electron chi connectivity index (χ4n) is 5.56. The number of aliphatic hydroxyl groups is 1. The van der Waals surface area contributed by atoms with E-state index in [-0.39, 0.29) is 12.6 Å². The molecule has 4 heterocycles. The zero-order valence-electron chi connectivity index (χ0n) is 16.6. The molecular weight excluding hydrogens is 356 g/mol. The van der Waals surface area contributed by atoms with Gasteiger partial charge in [0.1, 0.15) is 11.9 Å². The first-order valence-corrected chi connectivity index (χ1v) is 10.2. The summed E-state index contributed by atoms with van der Waals surface area (Å²) in [5.41, 5.74) is 1.33. The maximum atomic E-state index is 12.0. The lowest BCUT2D eigenvalue weighted by molar-refractivity contribution is -0.0519. The van der Waals surface area contributed by atoms with E-state index in [0.29, 0.717) is 40.5 Å². The molecule has 0 saturated carbocycles. The SMILES string of the molecule is COC(=O)c1cc(C#N)c(N2C[C@H]3C[C@@H](C2)[C@H](CO)N2CCCC[C@@H]32)nc1C. The molecule has 0 amide bonds. The van der Waals surface area contributed by atoms with Gasteiger partial charge in [0.15, 0.2) is 0 Å². The molecule has 4 rings (SSSR count). The highest BCUT2D eigenvalue weighted by atomic mass is 16.5. The van der Waals surface area contributed by atoms with Crippen LogP contribution in [0.15, 0.2) is 6.07 Å². The van der Waals surface area contributed by atoms with Crippen LogP contribution in [0.1, 0.15) is 47.3 Å². The average Bonchev–Trinajstić information content (AvgIpc) is 2.73. The van der Waals surface area contributed by atoms with Crippen molar-refractivity contribution in [2.24, 2.45) is 11.8 Å². The van der Waals surface area contributed by atoms with Crippen LogP contribution in [-0.4, -0.2) is 66.4 Å². The third-order valence-electron chi connectivity index (χ3n) is 6.83. The molecule has 1 N–H and O–H groups in total. The molecule has 1 aromatic rings. The van der Waals surface area contributed by atoms with Crippen molar-refractivity contribution in [2.75, 3.05) is 38.3 Å². The number of ether oxygens (including phenoxy) is 1. The molecular formula is C21H28N4O3. The Morgan fingerprint density at radius 1 is 1.39 bits per heavy atom. The predicted molar refractivity (Wildman–Crippen MR) is 104 cm³/mol. The largest absolute Gasteiger partial charge is 0.465 e. The molecule has 0 aromatic carbocycles. The van der Waals surface area contributed by atoms with Crippen molar-refractivity contribution in [1.29, 1.82) is 5.26 Å². The second kappa shape index (κ2) is 7.69. The molecule has 0 unspecified atom stereocenters. The quantitative estimate of drug-likeness (QED) is 0.794. The molecule has 3 fully saturated rings. The van der Waals surface area contributed by atoms with Crippen molar-refractivity contribution in [3.05, 3.63) is 22.9 Å². The summed E-state index contributed by atoms with van der Waals surface area (Å²) < 4.78 is 4.82. The van der Waals surface area contributed by atoms with Gasteiger partial charge in [-0.3, -0.25) is 4.90 Å². The zero-order valence-corrected chi connectivity index (χ0v) is 16.6. The van der Waals surface area contributed by atoms with Crippen molar-refractivity contribution in [2.45, 2.75) is 44.7 Å². The molecule has 150 valence electrons. The summed E-state index contributed by atoms with van der Waals surface area (Å²) in [4.78, 5) is 21.4. The number of aryl methyl sites for hydroxylation is 1. The molecule has 3 aliphatic rings. The molecule has 0 aliphatic carbocycles. The first-order valence-electron chi connectivity index (χ1n) is 10.2. The number of piperidine rings is 3. The fraction of sp³-hybridized carbons (Fsp3) is 0.667. The summed E-state index contributed by atoms with van der Waals surface area (Å²) in [6, 6.07) is 4.51. The van der Waals surface area contributed by atoms with E-state index in [0.717, 1.165) is 26.1 Å². The normalized spacial score (nSPS) is 29.7. The molecule has 3 aliphatic heterocycles. The number of anilines is 1. The molecule has 0 radical (unpaired) electrons. The van der Waals surface area contributed by atoms with Gasteiger partial charge in [-0.05, 0) is 50.6 Å². The van der Waals surface area contributed by atoms with Crippen LogP contribution in [0.2, 0.25) is 0 Å². The summed E-state index contributed by atoms with van der Waals surface area (Å²) in [5.74, 6) is 1.08. The number of fused-ring (bicyclic) bond motifs is 4. The lowest BCUT2D eigenvalue weighted by Crippen LogP contribution is -2.64. The van der Waals surface area contributed by atoms with Gasteiger partial charge in [0.25, 0.3) is 0 Å². The summed E-state index contributed by atoms with van der Waals surface area (Å²) in [5, 5.41) is 19.8. The Morgan fingerprint density at radius 2 is 2.18 bits per heavy atom. The Kier molecular flexibility index (Phi) is 5.26. The van der Waals surface area contributed by atoms with E-state index >= 15 is 0 Å². The maximum Gasteiger partial charge on any atom is 0.339 e. The van der Waals surface area contributed by atoms with E-state index in [9.17, 15) is 15.2 Å². The Morgan fingerprint density at radius 3 is 2.89 bits per heavy atom. The molecule has 7 nitrogen and oxygen atoms in total. The number of aliphatic hydroxyl groups excluding tert-OH is 1. The second-order valence-corrected chi connectivity index (χ2v) is 8.31. The van der Waals surface area contributed by atoms with E-state index in [4.69, 9.17) is 4.74 Å². The number of aromatic nitrogens is 1. The van der Waals surface area contributed by atoms with E-state index in [1.165, 1.54) is 26.4 Å². The van der Waals surface area contributed by atoms with Gasteiger partial charge in [0.05, 0.1) is 30.5 Å². The highest BCUT2D eigenvalue weighted by molar-refractivity contribution is 5.91. The monoisotopic (exact) mass is 384 g/mol. The summed E-state index contributed by atoms with van der Waals surface area (Å²) in [7, 11) is 1.33. The lowest BCUT2D eigenvalue weighted by atomic mass is 9.72. The number of rotatable bonds is 3. The Labute approximate surface area is 165 Å². The van der Waals surface area contributed by atoms with Gasteiger partial charge in [-0.1, -0.05) is 6.42 Å². The highest BCUT2D eigenvalue weighted by Gasteiger charge is 2.47. The molecule has 1 aromatic heterocycles. The number of esters is 1. The van der Waals surface area contributed by atoms with Crippen molar-refractivity contribution < 1.29 is 14.6 Å². The minimum atomic E-state index is -0.471. The number of hydrogen-bond donors (Lipinski definition) is 1. The lowest BCUT2D eigenvalue weighted by Gasteiger charge is -2.56. The van der Waals surface area contributed by atoms with E-state index in [1.807, 2.05) is 0 Å². The van der Waals surface area contributed by atoms with Crippen molar-refractivity contribution in [3.63, 3.8) is 0 Å². The van der Waals surface area contributed by atoms with Crippen LogP contribution in [0.3, 0.4) is 0 Å². The number of hydrogen-bond acceptors (Lipinski definition) is 7. The topological polar surface area (TPSA) is 89.7 Å². The maximum absolute atomic E-state index is 12.0. The van der Waals surface area contributed by atoms with Crippen LogP contribution in [-0.2, 0) is 4.74 Å². The van der Waals surface area contributed by atoms with Crippen molar-refractivity contribution in [3.8, 4) is 6.07 Å². The number of pyridine rings is 1. The molecule has 28 heavy (non-hydrogen) atoms. The van der Waals surface area contributed by atoms with E-state index in [1.54, 1.807) is 13.0 Å². The second-order valence-electron chi connectivity index (χ2n) is 8.31. The van der Waals surface area contributed by atoms with Crippen molar-refractivity contribution in [1.82, 2.24) is 9.88 Å². The third-order valence-corrected chi connectivity index (χ3v) is 6.83. The number of nitrogens with zero attached hydrogens (tertiary/aromatic N) is 4. The predicted octanol–water partition coefficient (Wildman–Crippen LogP) is 1.72. The van der Waals surface area contributed by atoms with Gasteiger partial charge in [-0.15, -0.1) is 0 Å². The van der Waals surface area contributed by atoms with E-state index < -0.39 is 5.97 Å². The van der Waals surface area contributed by atoms with Crippen LogP contribution >= 0.6 is 0 Å². The molecule has 4 atom stereocenters. The van der Waals surface area contributed by atoms with Crippen LogP contribution < -0.4 is 4.90 Å².